The van der Waals surface area contributed by atoms with Crippen molar-refractivity contribution in [2.75, 3.05) is 80.8 Å². The topological polar surface area (TPSA) is 184 Å². The van der Waals surface area contributed by atoms with Gasteiger partial charge in [-0.25, -0.2) is 15.2 Å². The number of alkyl halides is 3. The normalized spacial score (nSPS) is 23.1. The lowest BCUT2D eigenvalue weighted by Gasteiger charge is -2.43. The number of hydrogen-bond donors (Lipinski definition) is 2. The van der Waals surface area contributed by atoms with E-state index in [0.717, 1.165) is 0 Å². The van der Waals surface area contributed by atoms with Gasteiger partial charge in [0.1, 0.15) is 39.8 Å². The van der Waals surface area contributed by atoms with Crippen LogP contribution in [0.2, 0.25) is 0 Å². The fraction of sp³-hybridized carbons (Fsp3) is 0.574. The maximum atomic E-state index is 15.0. The number of hydrogen-bond acceptors (Lipinski definition) is 13. The van der Waals surface area contributed by atoms with Crippen molar-refractivity contribution in [1.82, 2.24) is 49.9 Å². The van der Waals surface area contributed by atoms with Gasteiger partial charge in [-0.2, -0.15) is 13.2 Å². The molecule has 6 bridgehead atoms. The lowest BCUT2D eigenvalue weighted by atomic mass is 9.84. The Kier molecular flexibility index (Phi) is 17.5. The number of pyridine rings is 1. The number of nitrogens with zero attached hydrogens (tertiary/aromatic N) is 8. The average Bonchev–Trinajstić information content (AvgIpc) is 4.25. The monoisotopic (exact) mass is 1100 g/mol. The van der Waals surface area contributed by atoms with Gasteiger partial charge in [-0.3, -0.25) is 24.4 Å². The van der Waals surface area contributed by atoms with Crippen LogP contribution in [0.5, 0.6) is 0 Å². The molecule has 7 heterocycles. The Labute approximate surface area is 455 Å². The van der Waals surface area contributed by atoms with E-state index in [1.165, 1.54) is 32.9 Å². The van der Waals surface area contributed by atoms with E-state index in [1.807, 2.05) is 58.1 Å². The Morgan fingerprint density at radius 2 is 1.86 bits per heavy atom. The summed E-state index contributed by atoms with van der Waals surface area (Å²) in [5.74, 6) is -1.74. The molecule has 4 aliphatic rings. The Bertz CT molecular complexity index is 2880. The first-order valence-corrected chi connectivity index (χ1v) is 27.4. The molecule has 2 N–H and O–H groups in total. The molecule has 3 aromatic heterocycles. The van der Waals surface area contributed by atoms with Gasteiger partial charge in [0.15, 0.2) is 0 Å². The molecule has 0 spiro atoms. The van der Waals surface area contributed by atoms with Gasteiger partial charge in [0, 0.05) is 86.4 Å². The van der Waals surface area contributed by atoms with E-state index in [1.54, 1.807) is 66.4 Å². The van der Waals surface area contributed by atoms with E-state index in [-0.39, 0.29) is 64.1 Å². The smallest absolute Gasteiger partial charge is 0.378 e. The summed E-state index contributed by atoms with van der Waals surface area (Å²) in [5.41, 5.74) is 4.43. The highest BCUT2D eigenvalue weighted by Gasteiger charge is 2.47. The van der Waals surface area contributed by atoms with Crippen molar-refractivity contribution in [2.45, 2.75) is 109 Å². The minimum atomic E-state index is -4.60. The van der Waals surface area contributed by atoms with E-state index in [2.05, 4.69) is 26.0 Å². The number of carbonyl (C=O) groups excluding carboxylic acids is 5. The molecule has 3 radical (unpaired) electrons. The number of carbonyl (C=O) groups is 5. The van der Waals surface area contributed by atoms with Gasteiger partial charge >= 0.3 is 12.2 Å². The highest BCUT2D eigenvalue weighted by Crippen LogP contribution is 2.43. The maximum Gasteiger partial charge on any atom is 0.406 e. The molecule has 77 heavy (non-hydrogen) atoms. The standard InChI is InChI=1S/C54H70F3N10O8SSi/c1-32(2)46(63(8)51(72)64-26-41-42(27-64)75-22-21-65(41)44(68)14-11-19-62(6)7)48(69)60-38-24-43-59-39(28-76-43)34-15-16-40-36(23-34)37(47(66(40)29-54(55,56)57)35-13-10-18-58-45(35)33(3)73-9)25-52(4,5)30-74-31-53(50(71)77)17-12-20-67(61-53)49(38)70/h10-11,13-16,18,23,28,32-33,38,41-42,46,61H,12,17,19-22,24-27,29-31H2,1-9H3,(H,60,69)/b14-11+/t33-,38-,41+,42-,46-,53-/m0/s1. The van der Waals surface area contributed by atoms with Crippen LogP contribution < -0.4 is 10.7 Å². The van der Waals surface area contributed by atoms with Crippen molar-refractivity contribution < 1.29 is 51.4 Å². The van der Waals surface area contributed by atoms with Gasteiger partial charge in [0.05, 0.1) is 66.7 Å². The van der Waals surface area contributed by atoms with Crippen LogP contribution in [0.25, 0.3) is 33.4 Å². The van der Waals surface area contributed by atoms with Crippen LogP contribution in [0.4, 0.5) is 18.0 Å². The minimum Gasteiger partial charge on any atom is -0.378 e. The maximum absolute atomic E-state index is 15.0. The predicted octanol–water partition coefficient (Wildman–Crippen LogP) is 5.39. The second-order valence-corrected chi connectivity index (χ2v) is 23.5. The van der Waals surface area contributed by atoms with Gasteiger partial charge in [-0.1, -0.05) is 39.8 Å². The lowest BCUT2D eigenvalue weighted by molar-refractivity contribution is -0.148. The molecule has 415 valence electrons. The molecule has 4 aliphatic heterocycles. The number of ether oxygens (including phenoxy) is 3. The molecule has 8 rings (SSSR count). The summed E-state index contributed by atoms with van der Waals surface area (Å²) in [6.45, 7) is 9.80. The molecule has 4 aromatic rings. The number of halogens is 3. The number of rotatable bonds is 12. The fourth-order valence-electron chi connectivity index (χ4n) is 11.1. The van der Waals surface area contributed by atoms with E-state index in [9.17, 15) is 32.3 Å². The molecule has 3 fully saturated rings. The molecule has 1 aromatic carbocycles. The molecule has 6 atom stereocenters. The Morgan fingerprint density at radius 3 is 2.56 bits per heavy atom. The molecule has 23 heteroatoms. The molecule has 18 nitrogen and oxygen atoms in total. The third-order valence-electron chi connectivity index (χ3n) is 14.9. The highest BCUT2D eigenvalue weighted by molar-refractivity contribution is 7.10. The third kappa shape index (κ3) is 12.7. The van der Waals surface area contributed by atoms with Gasteiger partial charge in [-0.05, 0) is 81.4 Å². The van der Waals surface area contributed by atoms with Crippen molar-refractivity contribution in [3.63, 3.8) is 0 Å². The summed E-state index contributed by atoms with van der Waals surface area (Å²) >= 11 is 1.25. The Hall–Kier alpha value is -5.56. The van der Waals surface area contributed by atoms with Crippen LogP contribution in [0.1, 0.15) is 69.8 Å². The van der Waals surface area contributed by atoms with Crippen molar-refractivity contribution in [3.05, 3.63) is 70.3 Å². The highest BCUT2D eigenvalue weighted by atomic mass is 32.1. The molecule has 0 unspecified atom stereocenters. The fourth-order valence-corrected chi connectivity index (χ4v) is 12.2. The van der Waals surface area contributed by atoms with Gasteiger partial charge in [-0.15, -0.1) is 11.3 Å². The van der Waals surface area contributed by atoms with E-state index >= 15 is 4.79 Å². The molecule has 0 saturated carbocycles. The summed E-state index contributed by atoms with van der Waals surface area (Å²) in [6, 6.07) is 5.57. The van der Waals surface area contributed by atoms with Crippen molar-refractivity contribution in [3.8, 4) is 22.5 Å². The number of urea groups is 1. The predicted molar refractivity (Wildman–Crippen MR) is 286 cm³/mol. The van der Waals surface area contributed by atoms with Crippen LogP contribution in [0, 0.1) is 11.3 Å². The Balaban J connectivity index is 1.15. The minimum absolute atomic E-state index is 0.0663. The second-order valence-electron chi connectivity index (χ2n) is 22.1. The quantitative estimate of drug-likeness (QED) is 0.137. The average molecular weight is 1100 g/mol. The number of thiazole rings is 1. The number of aromatic nitrogens is 3. The number of likely N-dealkylation sites (N-methyl/N-ethyl adjacent to an activating group) is 2. The summed E-state index contributed by atoms with van der Waals surface area (Å²) in [6.07, 6.45) is 0.199. The first-order chi connectivity index (χ1) is 36.4. The van der Waals surface area contributed by atoms with Gasteiger partial charge in [0.2, 0.25) is 11.8 Å². The molecular weight excluding hydrogens is 1030 g/mol. The summed E-state index contributed by atoms with van der Waals surface area (Å²) in [7, 11) is 10.2. The Morgan fingerprint density at radius 1 is 1.09 bits per heavy atom. The number of benzene rings is 1. The first-order valence-electron chi connectivity index (χ1n) is 26.0. The summed E-state index contributed by atoms with van der Waals surface area (Å²) in [4.78, 5) is 87.5. The zero-order valence-corrected chi connectivity index (χ0v) is 47.1. The van der Waals surface area contributed by atoms with Crippen molar-refractivity contribution in [1.29, 1.82) is 0 Å². The third-order valence-corrected chi connectivity index (χ3v) is 16.3. The van der Waals surface area contributed by atoms with Crippen molar-refractivity contribution in [2.24, 2.45) is 11.3 Å². The molecule has 3 saturated heterocycles. The van der Waals surface area contributed by atoms with Crippen molar-refractivity contribution >= 4 is 61.6 Å². The van der Waals surface area contributed by atoms with Crippen LogP contribution in [0.15, 0.2) is 54.1 Å². The molecule has 5 amide bonds. The van der Waals surface area contributed by atoms with Gasteiger partial charge < -0.3 is 48.5 Å². The zero-order chi connectivity index (χ0) is 55.7. The number of likely N-dealkylation sites (tertiary alicyclic amines) is 1. The van der Waals surface area contributed by atoms with Crippen LogP contribution in [0.3, 0.4) is 0 Å². The molecular formula is C54H70F3N10O8SSi. The number of fused-ring (bicyclic) bond motifs is 7. The van der Waals surface area contributed by atoms with E-state index < -0.39 is 77.1 Å². The van der Waals surface area contributed by atoms with Crippen LogP contribution in [-0.2, 0) is 52.8 Å². The number of methoxy groups -OCH3 is 1. The first kappa shape index (κ1) is 57.6. The number of nitrogens with one attached hydrogen (secondary N) is 2. The van der Waals surface area contributed by atoms with Crippen LogP contribution >= 0.6 is 11.3 Å². The van der Waals surface area contributed by atoms with Crippen LogP contribution in [-0.4, -0.2) is 195 Å². The summed E-state index contributed by atoms with van der Waals surface area (Å²) in [5, 5.41) is 6.71. The molecule has 0 aliphatic carbocycles. The number of morpholine rings is 1. The second kappa shape index (κ2) is 23.4. The lowest BCUT2D eigenvalue weighted by Crippen LogP contribution is -2.68. The van der Waals surface area contributed by atoms with E-state index in [0.29, 0.717) is 75.8 Å². The number of amides is 5. The van der Waals surface area contributed by atoms with E-state index in [4.69, 9.17) is 19.2 Å². The number of hydrazine groups is 1. The zero-order valence-electron chi connectivity index (χ0n) is 45.2. The van der Waals surface area contributed by atoms with Gasteiger partial charge in [0.25, 0.3) is 5.91 Å². The largest absolute Gasteiger partial charge is 0.406 e. The SMILES string of the molecule is CO[C@@H](C)c1ncccc1-c1c2c3cc(ccc3n1CC(F)(F)F)-c1csc(n1)C[C@H](NC(=O)[C@H](C(C)C)N(C)C(=O)N1C[C@@H]3OCCN(C(=O)/C=C/CN(C)C)[C@@H]3C1)C(=O)N1CCC[C@@](C(=O)[Si])(COCC(C)(C)C2)N1. The summed E-state index contributed by atoms with van der Waals surface area (Å²) < 4.78 is 63.8.